The largest absolute Gasteiger partial charge is 0.355 e. The first-order valence-corrected chi connectivity index (χ1v) is 9.35. The highest BCUT2D eigenvalue weighted by molar-refractivity contribution is 6.52. The summed E-state index contributed by atoms with van der Waals surface area (Å²) in [5.74, 6) is 0.317. The summed E-state index contributed by atoms with van der Waals surface area (Å²) in [5, 5.41) is 8.80. The van der Waals surface area contributed by atoms with Gasteiger partial charge >= 0.3 is 0 Å². The van der Waals surface area contributed by atoms with Gasteiger partial charge in [-0.15, -0.1) is 0 Å². The predicted octanol–water partition coefficient (Wildman–Crippen LogP) is 4.42. The molecule has 0 amide bonds. The van der Waals surface area contributed by atoms with Crippen molar-refractivity contribution in [3.63, 3.8) is 0 Å². The quantitative estimate of drug-likeness (QED) is 0.416. The Labute approximate surface area is 170 Å². The maximum atomic E-state index is 13.3. The van der Waals surface area contributed by atoms with Crippen LogP contribution in [-0.2, 0) is 4.79 Å². The number of carbonyl (C=O) groups is 2. The second kappa shape index (κ2) is 6.09. The second-order valence-electron chi connectivity index (χ2n) is 7.04. The van der Waals surface area contributed by atoms with E-state index in [2.05, 4.69) is 10.3 Å². The van der Waals surface area contributed by atoms with Crippen molar-refractivity contribution in [2.45, 2.75) is 0 Å². The molecule has 2 aliphatic carbocycles. The van der Waals surface area contributed by atoms with E-state index < -0.39 is 0 Å². The maximum Gasteiger partial charge on any atom is 0.208 e. The molecule has 6 nitrogen and oxygen atoms in total. The number of oxime groups is 1. The average Bonchev–Trinajstić information content (AvgIpc) is 3.22. The first kappa shape index (κ1) is 16.6. The molecule has 4 aromatic rings. The molecule has 0 saturated heterocycles. The van der Waals surface area contributed by atoms with E-state index in [1.807, 2.05) is 36.4 Å². The van der Waals surface area contributed by atoms with Crippen LogP contribution in [0.15, 0.2) is 76.4 Å². The number of hydrogen-bond donors (Lipinski definition) is 0. The third-order valence-corrected chi connectivity index (χ3v) is 5.35. The Hall–Kier alpha value is -4.32. The summed E-state index contributed by atoms with van der Waals surface area (Å²) in [6, 6.07) is 18.0. The van der Waals surface area contributed by atoms with Crippen molar-refractivity contribution in [3.05, 3.63) is 89.0 Å². The summed E-state index contributed by atoms with van der Waals surface area (Å²) >= 11 is 0. The van der Waals surface area contributed by atoms with Crippen LogP contribution in [-0.4, -0.2) is 22.4 Å². The number of hydrogen-bond acceptors (Lipinski definition) is 6. The minimum absolute atomic E-state index is 0.189. The van der Waals surface area contributed by atoms with Gasteiger partial charge in [0.15, 0.2) is 23.0 Å². The van der Waals surface area contributed by atoms with Crippen LogP contribution in [0, 0.1) is 0 Å². The van der Waals surface area contributed by atoms with Gasteiger partial charge in [0.05, 0.1) is 10.9 Å². The Kier molecular flexibility index (Phi) is 3.37. The molecule has 1 aromatic heterocycles. The summed E-state index contributed by atoms with van der Waals surface area (Å²) in [7, 11) is 0. The van der Waals surface area contributed by atoms with Gasteiger partial charge < -0.3 is 9.36 Å². The van der Waals surface area contributed by atoms with Gasteiger partial charge in [-0.25, -0.2) is 0 Å². The Morgan fingerprint density at radius 2 is 1.60 bits per heavy atom. The molecule has 0 fully saturated rings. The fourth-order valence-electron chi connectivity index (χ4n) is 3.94. The van der Waals surface area contributed by atoms with Crippen LogP contribution in [0.4, 0.5) is 0 Å². The Morgan fingerprint density at radius 3 is 2.47 bits per heavy atom. The molecule has 0 radical (unpaired) electrons. The summed E-state index contributed by atoms with van der Waals surface area (Å²) in [4.78, 5) is 31.3. The van der Waals surface area contributed by atoms with Crippen molar-refractivity contribution in [2.75, 3.05) is 0 Å². The number of fused-ring (bicyclic) bond motifs is 3. The second-order valence-corrected chi connectivity index (χ2v) is 7.04. The number of benzene rings is 3. The molecule has 0 bridgehead atoms. The Bertz CT molecular complexity index is 1460. The van der Waals surface area contributed by atoms with Crippen LogP contribution >= 0.6 is 0 Å². The molecule has 1 heterocycles. The van der Waals surface area contributed by atoms with E-state index in [0.717, 1.165) is 5.56 Å². The Balaban J connectivity index is 1.51. The molecule has 0 N–H and O–H groups in total. The molecular formula is C24H12N2O4. The summed E-state index contributed by atoms with van der Waals surface area (Å²) in [5.41, 5.74) is 3.85. The molecule has 0 aliphatic heterocycles. The van der Waals surface area contributed by atoms with E-state index in [1.165, 1.54) is 6.08 Å². The molecule has 3 aromatic carbocycles. The molecule has 142 valence electrons. The fraction of sp³-hybridized carbons (Fsp3) is 0. The van der Waals surface area contributed by atoms with Crippen LogP contribution in [0.2, 0.25) is 0 Å². The van der Waals surface area contributed by atoms with Crippen molar-refractivity contribution in [3.8, 4) is 17.1 Å². The van der Waals surface area contributed by atoms with E-state index >= 15 is 0 Å². The van der Waals surface area contributed by atoms with Gasteiger partial charge in [-0.1, -0.05) is 64.9 Å². The van der Waals surface area contributed by atoms with E-state index in [4.69, 9.17) is 9.36 Å². The number of allylic oxidation sites excluding steroid dienone is 1. The summed E-state index contributed by atoms with van der Waals surface area (Å²) in [6.45, 7) is 0. The predicted molar refractivity (Wildman–Crippen MR) is 111 cm³/mol. The van der Waals surface area contributed by atoms with Gasteiger partial charge in [-0.2, -0.15) is 0 Å². The number of rotatable bonds is 2. The van der Waals surface area contributed by atoms with Gasteiger partial charge in [0.25, 0.3) is 0 Å². The monoisotopic (exact) mass is 392 g/mol. The molecular weight excluding hydrogens is 380 g/mol. The standard InChI is InChI=1S/C24H12N2O4/c27-18-11-9-13-5-1-2-6-14(13)22(18)26-29-19-12-10-17-20-21(19)23(28)15-7-3-4-8-16(15)24(20)30-25-17/h1-12H. The zero-order valence-corrected chi connectivity index (χ0v) is 15.5. The minimum atomic E-state index is -0.259. The lowest BCUT2D eigenvalue weighted by Gasteiger charge is -2.16. The molecule has 6 rings (SSSR count). The van der Waals surface area contributed by atoms with Gasteiger partial charge in [-0.05, 0) is 23.8 Å². The van der Waals surface area contributed by atoms with Gasteiger partial charge in [0, 0.05) is 16.7 Å². The smallest absolute Gasteiger partial charge is 0.208 e. The van der Waals surface area contributed by atoms with Crippen molar-refractivity contribution in [1.82, 2.24) is 5.16 Å². The lowest BCUT2D eigenvalue weighted by Crippen LogP contribution is -2.19. The molecule has 30 heavy (non-hydrogen) atoms. The van der Waals surface area contributed by atoms with Gasteiger partial charge in [0.2, 0.25) is 5.78 Å². The van der Waals surface area contributed by atoms with Crippen LogP contribution in [0.3, 0.4) is 0 Å². The molecule has 6 heteroatoms. The highest BCUT2D eigenvalue weighted by atomic mass is 16.6. The number of carbonyl (C=O) groups excluding carboxylic acids is 2. The normalized spacial score (nSPS) is 15.4. The fourth-order valence-corrected chi connectivity index (χ4v) is 3.94. The van der Waals surface area contributed by atoms with Gasteiger partial charge in [-0.3, -0.25) is 9.59 Å². The lowest BCUT2D eigenvalue weighted by atomic mass is 9.87. The van der Waals surface area contributed by atoms with Crippen molar-refractivity contribution >= 4 is 34.3 Å². The summed E-state index contributed by atoms with van der Waals surface area (Å²) < 4.78 is 5.53. The van der Waals surface area contributed by atoms with Crippen molar-refractivity contribution in [1.29, 1.82) is 0 Å². The Morgan fingerprint density at radius 1 is 0.833 bits per heavy atom. The molecule has 0 spiro atoms. The van der Waals surface area contributed by atoms with Crippen LogP contribution in [0.5, 0.6) is 5.75 Å². The van der Waals surface area contributed by atoms with E-state index in [1.54, 1.807) is 30.3 Å². The SMILES string of the molecule is O=C1C=Cc2ccccc2C1=NOc1ccc2noc3c2c1C(=O)c1ccccc1-3. The van der Waals surface area contributed by atoms with Crippen molar-refractivity contribution in [2.24, 2.45) is 5.16 Å². The molecule has 0 unspecified atom stereocenters. The van der Waals surface area contributed by atoms with Gasteiger partial charge in [0.1, 0.15) is 5.52 Å². The average molecular weight is 392 g/mol. The maximum absolute atomic E-state index is 13.3. The third-order valence-electron chi connectivity index (χ3n) is 5.35. The number of aromatic nitrogens is 1. The highest BCUT2D eigenvalue weighted by Crippen LogP contribution is 2.43. The minimum Gasteiger partial charge on any atom is -0.355 e. The van der Waals surface area contributed by atoms with Crippen LogP contribution in [0.1, 0.15) is 27.0 Å². The first-order chi connectivity index (χ1) is 14.7. The molecule has 2 aliphatic rings. The summed E-state index contributed by atoms with van der Waals surface area (Å²) in [6.07, 6.45) is 3.20. The van der Waals surface area contributed by atoms with Crippen LogP contribution < -0.4 is 4.84 Å². The first-order valence-electron chi connectivity index (χ1n) is 9.35. The topological polar surface area (TPSA) is 81.8 Å². The molecule has 0 atom stereocenters. The van der Waals surface area contributed by atoms with E-state index in [-0.39, 0.29) is 23.0 Å². The highest BCUT2D eigenvalue weighted by Gasteiger charge is 2.32. The van der Waals surface area contributed by atoms with E-state index in [9.17, 15) is 9.59 Å². The lowest BCUT2D eigenvalue weighted by molar-refractivity contribution is -0.108. The van der Waals surface area contributed by atoms with Crippen LogP contribution in [0.25, 0.3) is 28.3 Å². The molecule has 0 saturated carbocycles. The number of nitrogens with zero attached hydrogens (tertiary/aromatic N) is 2. The number of ketones is 2. The van der Waals surface area contributed by atoms with Crippen molar-refractivity contribution < 1.29 is 18.9 Å². The zero-order chi connectivity index (χ0) is 20.2. The third kappa shape index (κ3) is 2.24. The van der Waals surface area contributed by atoms with E-state index in [0.29, 0.717) is 38.9 Å². The zero-order valence-electron chi connectivity index (χ0n) is 15.5.